The molecule has 0 heterocycles. The van der Waals surface area contributed by atoms with Gasteiger partial charge in [0.05, 0.1) is 18.2 Å². The molecule has 20 heavy (non-hydrogen) atoms. The number of rotatable bonds is 9. The van der Waals surface area contributed by atoms with Crippen LogP contribution in [-0.2, 0) is 6.42 Å². The van der Waals surface area contributed by atoms with Gasteiger partial charge in [0.25, 0.3) is 0 Å². The van der Waals surface area contributed by atoms with Crippen molar-refractivity contribution in [2.24, 2.45) is 11.7 Å². The van der Waals surface area contributed by atoms with Crippen LogP contribution in [0.25, 0.3) is 0 Å². The van der Waals surface area contributed by atoms with Crippen molar-refractivity contribution in [2.45, 2.75) is 26.7 Å². The van der Waals surface area contributed by atoms with Crippen molar-refractivity contribution in [1.82, 2.24) is 0 Å². The predicted molar refractivity (Wildman–Crippen MR) is 81.7 cm³/mol. The van der Waals surface area contributed by atoms with Gasteiger partial charge < -0.3 is 20.3 Å². The lowest BCUT2D eigenvalue weighted by Crippen LogP contribution is -2.20. The van der Waals surface area contributed by atoms with Gasteiger partial charge in [-0.15, -0.1) is 0 Å². The van der Waals surface area contributed by atoms with Gasteiger partial charge in [-0.3, -0.25) is 0 Å². The second-order valence-corrected chi connectivity index (χ2v) is 5.08. The Bertz CT molecular complexity index is 408. The molecular weight excluding hydrogens is 278 g/mol. The first-order valence-electron chi connectivity index (χ1n) is 7.05. The fourth-order valence-electron chi connectivity index (χ4n) is 1.90. The Balaban J connectivity index is 2.99. The number of aliphatic hydroxyl groups is 1. The summed E-state index contributed by atoms with van der Waals surface area (Å²) in [5.74, 6) is 1.27. The Kier molecular flexibility index (Phi) is 7.73. The molecule has 3 N–H and O–H groups in total. The zero-order chi connectivity index (χ0) is 15.0. The first kappa shape index (κ1) is 17.1. The van der Waals surface area contributed by atoms with E-state index in [-0.39, 0.29) is 12.5 Å². The molecule has 1 atom stereocenters. The first-order valence-corrected chi connectivity index (χ1v) is 7.42. The average Bonchev–Trinajstić information content (AvgIpc) is 2.44. The molecule has 0 bridgehead atoms. The molecule has 0 amide bonds. The molecule has 0 radical (unpaired) electrons. The lowest BCUT2D eigenvalue weighted by Gasteiger charge is -2.17. The Morgan fingerprint density at radius 1 is 1.30 bits per heavy atom. The van der Waals surface area contributed by atoms with Gasteiger partial charge in [0, 0.05) is 6.61 Å². The first-order chi connectivity index (χ1) is 9.65. The zero-order valence-corrected chi connectivity index (χ0v) is 12.9. The predicted octanol–water partition coefficient (Wildman–Crippen LogP) is 2.64. The highest BCUT2D eigenvalue weighted by atomic mass is 35.5. The van der Waals surface area contributed by atoms with Crippen LogP contribution >= 0.6 is 11.6 Å². The van der Waals surface area contributed by atoms with Crippen LogP contribution in [-0.4, -0.2) is 31.5 Å². The summed E-state index contributed by atoms with van der Waals surface area (Å²) >= 11 is 6.28. The fourth-order valence-corrected chi connectivity index (χ4v) is 2.19. The highest BCUT2D eigenvalue weighted by Crippen LogP contribution is 2.37. The van der Waals surface area contributed by atoms with Gasteiger partial charge in [-0.2, -0.15) is 0 Å². The van der Waals surface area contributed by atoms with Crippen LogP contribution in [0, 0.1) is 5.92 Å². The highest BCUT2D eigenvalue weighted by Gasteiger charge is 2.14. The van der Waals surface area contributed by atoms with E-state index in [2.05, 4.69) is 0 Å². The number of benzene rings is 1. The molecule has 1 unspecified atom stereocenters. The van der Waals surface area contributed by atoms with Crippen LogP contribution in [0.2, 0.25) is 5.02 Å². The minimum absolute atomic E-state index is 0.0305. The molecule has 0 aliphatic heterocycles. The number of hydrogen-bond donors (Lipinski definition) is 2. The van der Waals surface area contributed by atoms with Crippen LogP contribution < -0.4 is 15.2 Å². The highest BCUT2D eigenvalue weighted by molar-refractivity contribution is 6.32. The largest absolute Gasteiger partial charge is 0.490 e. The van der Waals surface area contributed by atoms with Crippen LogP contribution in [0.15, 0.2) is 12.1 Å². The summed E-state index contributed by atoms with van der Waals surface area (Å²) in [6.07, 6.45) is 1.57. The minimum Gasteiger partial charge on any atom is -0.490 e. The monoisotopic (exact) mass is 301 g/mol. The van der Waals surface area contributed by atoms with Gasteiger partial charge in [-0.1, -0.05) is 18.5 Å². The second-order valence-electron chi connectivity index (χ2n) is 4.67. The molecule has 1 rings (SSSR count). The molecule has 5 heteroatoms. The van der Waals surface area contributed by atoms with E-state index >= 15 is 0 Å². The van der Waals surface area contributed by atoms with Gasteiger partial charge in [0.15, 0.2) is 11.5 Å². The Hall–Kier alpha value is -0.970. The molecule has 0 spiro atoms. The third-order valence-electron chi connectivity index (χ3n) is 2.94. The van der Waals surface area contributed by atoms with E-state index in [0.29, 0.717) is 42.7 Å². The van der Waals surface area contributed by atoms with E-state index in [9.17, 15) is 5.11 Å². The molecule has 0 fully saturated rings. The van der Waals surface area contributed by atoms with E-state index in [1.165, 1.54) is 0 Å². The quantitative estimate of drug-likeness (QED) is 0.736. The van der Waals surface area contributed by atoms with Crippen molar-refractivity contribution in [3.8, 4) is 11.5 Å². The minimum atomic E-state index is 0.0305. The van der Waals surface area contributed by atoms with Crippen LogP contribution in [0.3, 0.4) is 0 Å². The third-order valence-corrected chi connectivity index (χ3v) is 3.22. The average molecular weight is 302 g/mol. The summed E-state index contributed by atoms with van der Waals surface area (Å²) in [4.78, 5) is 0. The Morgan fingerprint density at radius 3 is 2.60 bits per heavy atom. The van der Waals surface area contributed by atoms with Crippen molar-refractivity contribution in [2.75, 3.05) is 26.4 Å². The molecule has 1 aromatic carbocycles. The molecule has 4 nitrogen and oxygen atoms in total. The molecule has 0 aromatic heterocycles. The maximum absolute atomic E-state index is 9.23. The molecule has 0 aliphatic rings. The van der Waals surface area contributed by atoms with Crippen molar-refractivity contribution < 1.29 is 14.6 Å². The van der Waals surface area contributed by atoms with E-state index in [1.807, 2.05) is 26.0 Å². The van der Waals surface area contributed by atoms with Crippen LogP contribution in [0.4, 0.5) is 0 Å². The summed E-state index contributed by atoms with van der Waals surface area (Å²) in [6, 6.07) is 3.77. The Labute approximate surface area is 125 Å². The van der Waals surface area contributed by atoms with Gasteiger partial charge >= 0.3 is 0 Å². The van der Waals surface area contributed by atoms with Gasteiger partial charge in [-0.25, -0.2) is 0 Å². The van der Waals surface area contributed by atoms with Gasteiger partial charge in [0.1, 0.15) is 0 Å². The van der Waals surface area contributed by atoms with Crippen LogP contribution in [0.1, 0.15) is 25.8 Å². The summed E-state index contributed by atoms with van der Waals surface area (Å²) < 4.78 is 11.3. The summed E-state index contributed by atoms with van der Waals surface area (Å²) in [5, 5.41) is 9.77. The van der Waals surface area contributed by atoms with E-state index in [4.69, 9.17) is 26.8 Å². The van der Waals surface area contributed by atoms with Crippen LogP contribution in [0.5, 0.6) is 11.5 Å². The number of hydrogen-bond acceptors (Lipinski definition) is 4. The van der Waals surface area contributed by atoms with Crippen molar-refractivity contribution >= 4 is 11.6 Å². The molecule has 0 aliphatic carbocycles. The van der Waals surface area contributed by atoms with Gasteiger partial charge in [0.2, 0.25) is 0 Å². The molecule has 114 valence electrons. The lowest BCUT2D eigenvalue weighted by molar-refractivity contribution is 0.229. The fraction of sp³-hybridized carbons (Fsp3) is 0.600. The standard InChI is InChI=1S/C15H24ClNO3/c1-3-5-20-15-13(16)7-11(6-12(9-17)10-18)8-14(15)19-4-2/h7-8,12,18H,3-6,9-10,17H2,1-2H3. The molecule has 0 saturated heterocycles. The third kappa shape index (κ3) is 4.85. The number of halogens is 1. The topological polar surface area (TPSA) is 64.7 Å². The maximum Gasteiger partial charge on any atom is 0.179 e. The van der Waals surface area contributed by atoms with E-state index < -0.39 is 0 Å². The number of aliphatic hydroxyl groups excluding tert-OH is 1. The number of nitrogens with two attached hydrogens (primary N) is 1. The Morgan fingerprint density at radius 2 is 2.05 bits per heavy atom. The normalized spacial score (nSPS) is 12.2. The summed E-state index contributed by atoms with van der Waals surface area (Å²) in [5.41, 5.74) is 6.61. The van der Waals surface area contributed by atoms with E-state index in [0.717, 1.165) is 12.0 Å². The van der Waals surface area contributed by atoms with Crippen molar-refractivity contribution in [3.63, 3.8) is 0 Å². The summed E-state index contributed by atoms with van der Waals surface area (Å²) in [6.45, 7) is 5.60. The molecule has 1 aromatic rings. The smallest absolute Gasteiger partial charge is 0.179 e. The second kappa shape index (κ2) is 9.06. The van der Waals surface area contributed by atoms with Crippen molar-refractivity contribution in [1.29, 1.82) is 0 Å². The molecule has 0 saturated carbocycles. The zero-order valence-electron chi connectivity index (χ0n) is 12.2. The van der Waals surface area contributed by atoms with Crippen molar-refractivity contribution in [3.05, 3.63) is 22.7 Å². The van der Waals surface area contributed by atoms with E-state index in [1.54, 1.807) is 0 Å². The number of ether oxygens (including phenoxy) is 2. The lowest BCUT2D eigenvalue weighted by atomic mass is 10.00. The summed E-state index contributed by atoms with van der Waals surface area (Å²) in [7, 11) is 0. The maximum atomic E-state index is 9.23. The molecular formula is C15H24ClNO3. The SMILES string of the molecule is CCCOc1c(Cl)cc(CC(CN)CO)cc1OCC. The van der Waals surface area contributed by atoms with Gasteiger partial charge in [-0.05, 0) is 49.9 Å².